The van der Waals surface area contributed by atoms with E-state index in [1.807, 2.05) is 54.8 Å². The van der Waals surface area contributed by atoms with Crippen LogP contribution in [0.1, 0.15) is 10.4 Å². The average Bonchev–Trinajstić information content (AvgIpc) is 2.82. The van der Waals surface area contributed by atoms with Crippen molar-refractivity contribution in [3.8, 4) is 0 Å². The van der Waals surface area contributed by atoms with Crippen molar-refractivity contribution in [2.24, 2.45) is 0 Å². The van der Waals surface area contributed by atoms with E-state index < -0.39 is 0 Å². The highest BCUT2D eigenvalue weighted by atomic mass is 32.1. The lowest BCUT2D eigenvalue weighted by molar-refractivity contribution is -0.111. The van der Waals surface area contributed by atoms with E-state index in [1.54, 1.807) is 17.4 Å². The molecule has 17 heavy (non-hydrogen) atoms. The van der Waals surface area contributed by atoms with E-state index in [0.717, 1.165) is 16.1 Å². The van der Waals surface area contributed by atoms with Crippen molar-refractivity contribution < 1.29 is 4.79 Å². The van der Waals surface area contributed by atoms with Crippen LogP contribution in [0.5, 0.6) is 0 Å². The third-order valence-corrected chi connectivity index (χ3v) is 3.18. The van der Waals surface area contributed by atoms with Crippen molar-refractivity contribution >= 4 is 29.0 Å². The summed E-state index contributed by atoms with van der Waals surface area (Å²) in [6.45, 7) is 1.97. The topological polar surface area (TPSA) is 29.1 Å². The minimum absolute atomic E-state index is 0.104. The largest absolute Gasteiger partial charge is 0.322 e. The highest BCUT2D eigenvalue weighted by Crippen LogP contribution is 2.14. The second-order valence-electron chi connectivity index (χ2n) is 3.65. The van der Waals surface area contributed by atoms with Gasteiger partial charge in [0.05, 0.1) is 0 Å². The quantitative estimate of drug-likeness (QED) is 0.818. The van der Waals surface area contributed by atoms with Gasteiger partial charge in [-0.1, -0.05) is 24.3 Å². The standard InChI is InChI=1S/C14H13NOS/c1-11-5-2-3-7-13(11)15-14(16)9-8-12-6-4-10-17-12/h2-10H,1H3,(H,15,16). The number of carbonyl (C=O) groups is 1. The van der Waals surface area contributed by atoms with Gasteiger partial charge in [0.15, 0.2) is 0 Å². The van der Waals surface area contributed by atoms with Gasteiger partial charge in [0, 0.05) is 16.6 Å². The Morgan fingerprint density at radius 2 is 2.06 bits per heavy atom. The molecule has 0 fully saturated rings. The number of amides is 1. The second-order valence-corrected chi connectivity index (χ2v) is 4.63. The molecule has 2 rings (SSSR count). The molecule has 86 valence electrons. The first-order valence-corrected chi connectivity index (χ1v) is 6.22. The van der Waals surface area contributed by atoms with Crippen LogP contribution in [0.2, 0.25) is 0 Å². The third-order valence-electron chi connectivity index (χ3n) is 2.35. The summed E-state index contributed by atoms with van der Waals surface area (Å²) >= 11 is 1.61. The van der Waals surface area contributed by atoms with Gasteiger partial charge in [-0.25, -0.2) is 0 Å². The van der Waals surface area contributed by atoms with Gasteiger partial charge in [-0.15, -0.1) is 11.3 Å². The lowest BCUT2D eigenvalue weighted by Gasteiger charge is -2.04. The molecule has 0 spiro atoms. The molecule has 1 N–H and O–H groups in total. The van der Waals surface area contributed by atoms with E-state index in [9.17, 15) is 4.79 Å². The van der Waals surface area contributed by atoms with Crippen molar-refractivity contribution in [1.29, 1.82) is 0 Å². The van der Waals surface area contributed by atoms with Crippen molar-refractivity contribution in [3.63, 3.8) is 0 Å². The van der Waals surface area contributed by atoms with Gasteiger partial charge >= 0.3 is 0 Å². The maximum atomic E-state index is 11.7. The summed E-state index contributed by atoms with van der Waals surface area (Å²) in [6, 6.07) is 11.7. The maximum absolute atomic E-state index is 11.7. The fraction of sp³-hybridized carbons (Fsp3) is 0.0714. The molecule has 0 atom stereocenters. The molecule has 0 unspecified atom stereocenters. The number of aryl methyl sites for hydroxylation is 1. The summed E-state index contributed by atoms with van der Waals surface area (Å²) in [5.41, 5.74) is 1.92. The molecule has 1 aromatic carbocycles. The fourth-order valence-corrected chi connectivity index (χ4v) is 2.05. The Morgan fingerprint density at radius 3 is 2.76 bits per heavy atom. The number of hydrogen-bond donors (Lipinski definition) is 1. The Morgan fingerprint density at radius 1 is 1.24 bits per heavy atom. The number of anilines is 1. The van der Waals surface area contributed by atoms with Crippen LogP contribution in [0.15, 0.2) is 47.9 Å². The van der Waals surface area contributed by atoms with Crippen LogP contribution in [0.4, 0.5) is 5.69 Å². The van der Waals surface area contributed by atoms with E-state index in [1.165, 1.54) is 0 Å². The van der Waals surface area contributed by atoms with Crippen molar-refractivity contribution in [3.05, 3.63) is 58.3 Å². The fourth-order valence-electron chi connectivity index (χ4n) is 1.43. The summed E-state index contributed by atoms with van der Waals surface area (Å²) in [6.07, 6.45) is 3.37. The van der Waals surface area contributed by atoms with Gasteiger partial charge in [0.2, 0.25) is 5.91 Å². The SMILES string of the molecule is Cc1ccccc1NC(=O)C=Cc1cccs1. The van der Waals surface area contributed by atoms with Crippen LogP contribution in [0, 0.1) is 6.92 Å². The Labute approximate surface area is 105 Å². The molecular weight excluding hydrogens is 230 g/mol. The molecule has 0 aliphatic heterocycles. The first-order chi connectivity index (χ1) is 8.25. The van der Waals surface area contributed by atoms with Crippen LogP contribution in [-0.2, 0) is 4.79 Å². The molecule has 0 bridgehead atoms. The van der Waals surface area contributed by atoms with Crippen molar-refractivity contribution in [1.82, 2.24) is 0 Å². The zero-order chi connectivity index (χ0) is 12.1. The van der Waals surface area contributed by atoms with Crippen LogP contribution in [0.3, 0.4) is 0 Å². The van der Waals surface area contributed by atoms with Crippen LogP contribution < -0.4 is 5.32 Å². The molecule has 1 heterocycles. The number of carbonyl (C=O) groups excluding carboxylic acids is 1. The first kappa shape index (κ1) is 11.6. The summed E-state index contributed by atoms with van der Waals surface area (Å²) in [4.78, 5) is 12.7. The Bertz CT molecular complexity index is 529. The number of para-hydroxylation sites is 1. The molecule has 0 saturated heterocycles. The molecule has 3 heteroatoms. The highest BCUT2D eigenvalue weighted by molar-refractivity contribution is 7.10. The highest BCUT2D eigenvalue weighted by Gasteiger charge is 1.99. The Balaban J connectivity index is 2.01. The molecule has 2 nitrogen and oxygen atoms in total. The predicted molar refractivity (Wildman–Crippen MR) is 73.2 cm³/mol. The van der Waals surface area contributed by atoms with Crippen molar-refractivity contribution in [2.45, 2.75) is 6.92 Å². The Kier molecular flexibility index (Phi) is 3.73. The summed E-state index contributed by atoms with van der Waals surface area (Å²) < 4.78 is 0. The molecule has 0 radical (unpaired) electrons. The first-order valence-electron chi connectivity index (χ1n) is 5.34. The van der Waals surface area contributed by atoms with E-state index >= 15 is 0 Å². The molecule has 0 aliphatic rings. The van der Waals surface area contributed by atoms with E-state index in [4.69, 9.17) is 0 Å². The number of benzene rings is 1. The van der Waals surface area contributed by atoms with E-state index in [0.29, 0.717) is 0 Å². The normalized spacial score (nSPS) is 10.6. The molecule has 0 aliphatic carbocycles. The monoisotopic (exact) mass is 243 g/mol. The molecule has 1 aromatic heterocycles. The van der Waals surface area contributed by atoms with Crippen LogP contribution >= 0.6 is 11.3 Å². The molecular formula is C14H13NOS. The van der Waals surface area contributed by atoms with E-state index in [2.05, 4.69) is 5.32 Å². The smallest absolute Gasteiger partial charge is 0.248 e. The zero-order valence-electron chi connectivity index (χ0n) is 9.51. The number of hydrogen-bond acceptors (Lipinski definition) is 2. The maximum Gasteiger partial charge on any atom is 0.248 e. The summed E-state index contributed by atoms with van der Waals surface area (Å²) in [5, 5.41) is 4.84. The molecule has 0 saturated carbocycles. The third kappa shape index (κ3) is 3.29. The van der Waals surface area contributed by atoms with Gasteiger partial charge in [-0.05, 0) is 36.1 Å². The lowest BCUT2D eigenvalue weighted by Crippen LogP contribution is -2.08. The van der Waals surface area contributed by atoms with Crippen LogP contribution in [-0.4, -0.2) is 5.91 Å². The molecule has 2 aromatic rings. The van der Waals surface area contributed by atoms with Gasteiger partial charge in [0.1, 0.15) is 0 Å². The predicted octanol–water partition coefficient (Wildman–Crippen LogP) is 3.71. The van der Waals surface area contributed by atoms with Gasteiger partial charge in [-0.2, -0.15) is 0 Å². The lowest BCUT2D eigenvalue weighted by atomic mass is 10.2. The van der Waals surface area contributed by atoms with Gasteiger partial charge in [-0.3, -0.25) is 4.79 Å². The van der Waals surface area contributed by atoms with Crippen LogP contribution in [0.25, 0.3) is 6.08 Å². The minimum atomic E-state index is -0.104. The van der Waals surface area contributed by atoms with Gasteiger partial charge in [0.25, 0.3) is 0 Å². The second kappa shape index (κ2) is 5.46. The summed E-state index contributed by atoms with van der Waals surface area (Å²) in [7, 11) is 0. The molecule has 1 amide bonds. The minimum Gasteiger partial charge on any atom is -0.322 e. The summed E-state index contributed by atoms with van der Waals surface area (Å²) in [5.74, 6) is -0.104. The average molecular weight is 243 g/mol. The zero-order valence-corrected chi connectivity index (χ0v) is 10.3. The number of nitrogens with one attached hydrogen (secondary N) is 1. The van der Waals surface area contributed by atoms with Crippen molar-refractivity contribution in [2.75, 3.05) is 5.32 Å². The Hall–Kier alpha value is -1.87. The number of rotatable bonds is 3. The van der Waals surface area contributed by atoms with E-state index in [-0.39, 0.29) is 5.91 Å². The van der Waals surface area contributed by atoms with Gasteiger partial charge < -0.3 is 5.32 Å². The number of thiophene rings is 1.